The molecule has 0 bridgehead atoms. The van der Waals surface area contributed by atoms with Crippen LogP contribution in [0.1, 0.15) is 61.1 Å². The summed E-state index contributed by atoms with van der Waals surface area (Å²) in [7, 11) is 0. The lowest BCUT2D eigenvalue weighted by atomic mass is 10.0. The summed E-state index contributed by atoms with van der Waals surface area (Å²) in [5, 5.41) is 8.11. The van der Waals surface area contributed by atoms with Gasteiger partial charge in [0.2, 0.25) is 0 Å². The van der Waals surface area contributed by atoms with Gasteiger partial charge in [-0.2, -0.15) is 5.10 Å². The second-order valence-corrected chi connectivity index (χ2v) is 7.66. The van der Waals surface area contributed by atoms with E-state index >= 15 is 0 Å². The highest BCUT2D eigenvalue weighted by atomic mass is 16.2. The molecule has 1 saturated heterocycles. The number of carbonyl (C=O) groups excluding carboxylic acids is 1. The van der Waals surface area contributed by atoms with Crippen LogP contribution in [0, 0.1) is 13.8 Å². The molecule has 26 heavy (non-hydrogen) atoms. The molecule has 2 atom stereocenters. The summed E-state index contributed by atoms with van der Waals surface area (Å²) in [5.41, 5.74) is 3.19. The first-order valence-corrected chi connectivity index (χ1v) is 9.22. The van der Waals surface area contributed by atoms with Crippen molar-refractivity contribution in [2.45, 2.75) is 59.5 Å². The molecule has 0 radical (unpaired) electrons. The van der Waals surface area contributed by atoms with Gasteiger partial charge in [-0.05, 0) is 39.7 Å². The maximum atomic E-state index is 13.2. The predicted octanol–water partition coefficient (Wildman–Crippen LogP) is 2.22. The molecular formula is C19H28N6O. The molecule has 0 unspecified atom stereocenters. The van der Waals surface area contributed by atoms with Gasteiger partial charge < -0.3 is 10.2 Å². The van der Waals surface area contributed by atoms with E-state index in [0.29, 0.717) is 24.6 Å². The van der Waals surface area contributed by atoms with Crippen LogP contribution in [0.3, 0.4) is 0 Å². The Hall–Kier alpha value is -2.28. The van der Waals surface area contributed by atoms with E-state index < -0.39 is 0 Å². The van der Waals surface area contributed by atoms with Crippen molar-refractivity contribution < 1.29 is 4.79 Å². The second-order valence-electron chi connectivity index (χ2n) is 7.66. The van der Waals surface area contributed by atoms with Crippen LogP contribution in [0.2, 0.25) is 0 Å². The quantitative estimate of drug-likeness (QED) is 0.913. The van der Waals surface area contributed by atoms with Gasteiger partial charge in [-0.15, -0.1) is 0 Å². The van der Waals surface area contributed by atoms with Gasteiger partial charge in [0.25, 0.3) is 11.9 Å². The van der Waals surface area contributed by atoms with E-state index in [4.69, 9.17) is 0 Å². The maximum Gasteiger partial charge on any atom is 0.257 e. The zero-order chi connectivity index (χ0) is 19.0. The Labute approximate surface area is 154 Å². The molecule has 0 spiro atoms. The lowest BCUT2D eigenvalue weighted by Crippen LogP contribution is -2.55. The lowest BCUT2D eigenvalue weighted by molar-refractivity contribution is 0.0672. The van der Waals surface area contributed by atoms with E-state index in [-0.39, 0.29) is 23.9 Å². The number of piperazine rings is 1. The molecule has 3 heterocycles. The van der Waals surface area contributed by atoms with E-state index in [1.54, 1.807) is 10.9 Å². The van der Waals surface area contributed by atoms with Crippen LogP contribution < -0.4 is 5.32 Å². The highest BCUT2D eigenvalue weighted by Gasteiger charge is 2.29. The van der Waals surface area contributed by atoms with E-state index in [1.807, 2.05) is 24.8 Å². The molecule has 0 aromatic carbocycles. The first kappa shape index (κ1) is 18.5. The molecule has 1 fully saturated rings. The molecule has 140 valence electrons. The fourth-order valence-corrected chi connectivity index (χ4v) is 3.55. The number of hydrogen-bond donors (Lipinski definition) is 1. The number of rotatable bonds is 3. The van der Waals surface area contributed by atoms with Gasteiger partial charge >= 0.3 is 0 Å². The van der Waals surface area contributed by atoms with Crippen LogP contribution in [-0.4, -0.2) is 55.7 Å². The standard InChI is InChI=1S/C19H28N6O/c1-11(2)17-16(18(26)24-8-14(5)20-15(6)9-24)10-25(23-17)19-21-12(3)7-13(4)22-19/h7,10-11,14-15,20H,8-9H2,1-6H3/t14-,15+. The number of amides is 1. The average molecular weight is 356 g/mol. The van der Waals surface area contributed by atoms with Crippen molar-refractivity contribution in [3.8, 4) is 5.95 Å². The van der Waals surface area contributed by atoms with E-state index in [9.17, 15) is 4.79 Å². The minimum absolute atomic E-state index is 0.0320. The minimum Gasteiger partial charge on any atom is -0.335 e. The number of nitrogens with one attached hydrogen (secondary N) is 1. The van der Waals surface area contributed by atoms with Crippen molar-refractivity contribution in [1.82, 2.24) is 30.0 Å². The third-order valence-electron chi connectivity index (χ3n) is 4.54. The molecule has 2 aromatic heterocycles. The molecule has 7 heteroatoms. The largest absolute Gasteiger partial charge is 0.335 e. The summed E-state index contributed by atoms with van der Waals surface area (Å²) in [6.45, 7) is 13.6. The van der Waals surface area contributed by atoms with Gasteiger partial charge in [0, 0.05) is 42.8 Å². The summed E-state index contributed by atoms with van der Waals surface area (Å²) < 4.78 is 1.64. The minimum atomic E-state index is 0.0320. The number of nitrogens with zero attached hydrogens (tertiary/aromatic N) is 5. The Kier molecular flexibility index (Phi) is 5.09. The van der Waals surface area contributed by atoms with Crippen molar-refractivity contribution >= 4 is 5.91 Å². The molecule has 1 N–H and O–H groups in total. The summed E-state index contributed by atoms with van der Waals surface area (Å²) in [6.07, 6.45) is 1.78. The Morgan fingerprint density at radius 1 is 1.15 bits per heavy atom. The van der Waals surface area contributed by atoms with Gasteiger partial charge in [0.1, 0.15) is 0 Å². The summed E-state index contributed by atoms with van der Waals surface area (Å²) in [4.78, 5) is 24.1. The number of aryl methyl sites for hydroxylation is 2. The highest BCUT2D eigenvalue weighted by molar-refractivity contribution is 5.95. The third-order valence-corrected chi connectivity index (χ3v) is 4.54. The van der Waals surface area contributed by atoms with Gasteiger partial charge in [-0.3, -0.25) is 4.79 Å². The lowest BCUT2D eigenvalue weighted by Gasteiger charge is -2.36. The molecule has 3 rings (SSSR count). The van der Waals surface area contributed by atoms with Crippen LogP contribution in [0.4, 0.5) is 0 Å². The van der Waals surface area contributed by atoms with Crippen LogP contribution in [0.25, 0.3) is 5.95 Å². The van der Waals surface area contributed by atoms with Crippen molar-refractivity contribution in [1.29, 1.82) is 0 Å². The molecule has 0 saturated carbocycles. The molecule has 1 aliphatic heterocycles. The average Bonchev–Trinajstić information content (AvgIpc) is 2.97. The highest BCUT2D eigenvalue weighted by Crippen LogP contribution is 2.22. The Bertz CT molecular complexity index is 782. The molecule has 2 aromatic rings. The van der Waals surface area contributed by atoms with Gasteiger partial charge in [0.05, 0.1) is 11.3 Å². The monoisotopic (exact) mass is 356 g/mol. The van der Waals surface area contributed by atoms with E-state index in [1.165, 1.54) is 0 Å². The van der Waals surface area contributed by atoms with Crippen molar-refractivity contribution in [3.63, 3.8) is 0 Å². The van der Waals surface area contributed by atoms with Crippen molar-refractivity contribution in [2.75, 3.05) is 13.1 Å². The van der Waals surface area contributed by atoms with Gasteiger partial charge in [-0.1, -0.05) is 13.8 Å². The second kappa shape index (κ2) is 7.15. The Morgan fingerprint density at radius 2 is 1.73 bits per heavy atom. The zero-order valence-electron chi connectivity index (χ0n) is 16.4. The van der Waals surface area contributed by atoms with Crippen LogP contribution >= 0.6 is 0 Å². The summed E-state index contributed by atoms with van der Waals surface area (Å²) in [6, 6.07) is 2.48. The third kappa shape index (κ3) is 3.77. The topological polar surface area (TPSA) is 75.9 Å². The fourth-order valence-electron chi connectivity index (χ4n) is 3.55. The van der Waals surface area contributed by atoms with Gasteiger partial charge in [-0.25, -0.2) is 14.6 Å². The molecule has 1 amide bonds. The normalized spacial score (nSPS) is 20.7. The maximum absolute atomic E-state index is 13.2. The SMILES string of the molecule is Cc1cc(C)nc(-n2cc(C(=O)N3C[C@@H](C)N[C@@H](C)C3)c(C(C)C)n2)n1. The van der Waals surface area contributed by atoms with E-state index in [2.05, 4.69) is 48.1 Å². The number of hydrogen-bond acceptors (Lipinski definition) is 5. The van der Waals surface area contributed by atoms with Gasteiger partial charge in [0.15, 0.2) is 0 Å². The van der Waals surface area contributed by atoms with Crippen LogP contribution in [-0.2, 0) is 0 Å². The Morgan fingerprint density at radius 3 is 2.27 bits per heavy atom. The molecule has 1 aliphatic rings. The Balaban J connectivity index is 1.98. The van der Waals surface area contributed by atoms with Crippen LogP contribution in [0.5, 0.6) is 0 Å². The summed E-state index contributed by atoms with van der Waals surface area (Å²) in [5.74, 6) is 0.675. The van der Waals surface area contributed by atoms with Crippen molar-refractivity contribution in [2.24, 2.45) is 0 Å². The molecule has 0 aliphatic carbocycles. The van der Waals surface area contributed by atoms with Crippen LogP contribution in [0.15, 0.2) is 12.3 Å². The van der Waals surface area contributed by atoms with Crippen molar-refractivity contribution in [3.05, 3.63) is 34.9 Å². The first-order chi connectivity index (χ1) is 12.2. The molecular weight excluding hydrogens is 328 g/mol. The molecule has 7 nitrogen and oxygen atoms in total. The predicted molar refractivity (Wildman–Crippen MR) is 101 cm³/mol. The smallest absolute Gasteiger partial charge is 0.257 e. The summed E-state index contributed by atoms with van der Waals surface area (Å²) >= 11 is 0. The first-order valence-electron chi connectivity index (χ1n) is 9.22. The zero-order valence-corrected chi connectivity index (χ0v) is 16.4. The number of carbonyl (C=O) groups is 1. The number of aromatic nitrogens is 4. The van der Waals surface area contributed by atoms with E-state index in [0.717, 1.165) is 17.1 Å². The fraction of sp³-hybridized carbons (Fsp3) is 0.579.